The maximum Gasteiger partial charge on any atom is 0.118 e. The Morgan fingerprint density at radius 3 is 1.95 bits per heavy atom. The fourth-order valence-corrected chi connectivity index (χ4v) is 2.35. The third-order valence-corrected chi connectivity index (χ3v) is 3.76. The van der Waals surface area contributed by atoms with Crippen molar-refractivity contribution in [3.05, 3.63) is 54.1 Å². The number of hydrogen-bond acceptors (Lipinski definition) is 2. The minimum atomic E-state index is 0.557. The summed E-state index contributed by atoms with van der Waals surface area (Å²) in [6.07, 6.45) is 2.23. The molecule has 20 heavy (non-hydrogen) atoms. The number of methoxy groups -OCH3 is 1. The van der Waals surface area contributed by atoms with Gasteiger partial charge in [0.1, 0.15) is 5.75 Å². The third-order valence-electron chi connectivity index (χ3n) is 3.76. The van der Waals surface area contributed by atoms with Crippen LogP contribution in [0.1, 0.15) is 18.9 Å². The minimum absolute atomic E-state index is 0.557. The van der Waals surface area contributed by atoms with E-state index in [4.69, 9.17) is 4.74 Å². The monoisotopic (exact) mass is 269 g/mol. The highest BCUT2D eigenvalue weighted by molar-refractivity contribution is 5.64. The number of rotatable bonds is 6. The van der Waals surface area contributed by atoms with Crippen LogP contribution in [0.2, 0.25) is 0 Å². The Kier molecular flexibility index (Phi) is 5.19. The summed E-state index contributed by atoms with van der Waals surface area (Å²) in [5, 5.41) is 3.35. The number of ether oxygens (including phenoxy) is 1. The third kappa shape index (κ3) is 3.61. The van der Waals surface area contributed by atoms with Gasteiger partial charge in [-0.3, -0.25) is 0 Å². The Balaban J connectivity index is 2.10. The smallest absolute Gasteiger partial charge is 0.118 e. The van der Waals surface area contributed by atoms with E-state index in [-0.39, 0.29) is 0 Å². The SMILES string of the molecule is CCC(Cc1ccc(-c2ccc(OC)cc2)cc1)NC. The van der Waals surface area contributed by atoms with E-state index in [1.165, 1.54) is 16.7 Å². The molecule has 0 saturated carbocycles. The zero-order valence-corrected chi connectivity index (χ0v) is 12.5. The van der Waals surface area contributed by atoms with Gasteiger partial charge >= 0.3 is 0 Å². The second-order valence-electron chi connectivity index (χ2n) is 5.02. The van der Waals surface area contributed by atoms with Gasteiger partial charge in [0.15, 0.2) is 0 Å². The van der Waals surface area contributed by atoms with Crippen LogP contribution in [0.15, 0.2) is 48.5 Å². The van der Waals surface area contributed by atoms with E-state index in [0.29, 0.717) is 6.04 Å². The van der Waals surface area contributed by atoms with Crippen LogP contribution in [0.4, 0.5) is 0 Å². The zero-order valence-electron chi connectivity index (χ0n) is 12.5. The maximum absolute atomic E-state index is 5.19. The van der Waals surface area contributed by atoms with Crippen molar-refractivity contribution in [1.29, 1.82) is 0 Å². The Morgan fingerprint density at radius 1 is 0.950 bits per heavy atom. The van der Waals surface area contributed by atoms with Crippen LogP contribution < -0.4 is 10.1 Å². The van der Waals surface area contributed by atoms with Crippen LogP contribution in [0, 0.1) is 0 Å². The van der Waals surface area contributed by atoms with E-state index in [0.717, 1.165) is 18.6 Å². The van der Waals surface area contributed by atoms with Crippen LogP contribution in [0.5, 0.6) is 5.75 Å². The average Bonchev–Trinajstić information content (AvgIpc) is 2.53. The second-order valence-corrected chi connectivity index (χ2v) is 5.02. The molecule has 0 aliphatic heterocycles. The normalized spacial score (nSPS) is 12.2. The van der Waals surface area contributed by atoms with E-state index in [1.54, 1.807) is 7.11 Å². The molecule has 0 spiro atoms. The van der Waals surface area contributed by atoms with Gasteiger partial charge in [0, 0.05) is 6.04 Å². The highest BCUT2D eigenvalue weighted by Gasteiger charge is 2.05. The van der Waals surface area contributed by atoms with Crippen molar-refractivity contribution >= 4 is 0 Å². The Bertz CT molecular complexity index is 512. The summed E-state index contributed by atoms with van der Waals surface area (Å²) in [6.45, 7) is 2.22. The van der Waals surface area contributed by atoms with Crippen molar-refractivity contribution in [3.8, 4) is 16.9 Å². The molecule has 2 aromatic carbocycles. The standard InChI is InChI=1S/C18H23NO/c1-4-17(19-2)13-14-5-7-15(8-6-14)16-9-11-18(20-3)12-10-16/h5-12,17,19H,4,13H2,1-3H3. The van der Waals surface area contributed by atoms with Gasteiger partial charge in [-0.1, -0.05) is 43.3 Å². The molecule has 0 aromatic heterocycles. The first kappa shape index (κ1) is 14.6. The molecular formula is C18H23NO. The van der Waals surface area contributed by atoms with Crippen molar-refractivity contribution in [2.45, 2.75) is 25.8 Å². The van der Waals surface area contributed by atoms with Gasteiger partial charge in [0.25, 0.3) is 0 Å². The maximum atomic E-state index is 5.19. The lowest BCUT2D eigenvalue weighted by molar-refractivity contribution is 0.415. The van der Waals surface area contributed by atoms with Crippen LogP contribution >= 0.6 is 0 Å². The van der Waals surface area contributed by atoms with E-state index >= 15 is 0 Å². The lowest BCUT2D eigenvalue weighted by atomic mass is 10.00. The summed E-state index contributed by atoms with van der Waals surface area (Å²) >= 11 is 0. The van der Waals surface area contributed by atoms with Gasteiger partial charge in [0.05, 0.1) is 7.11 Å². The predicted octanol–water partition coefficient (Wildman–Crippen LogP) is 3.90. The summed E-state index contributed by atoms with van der Waals surface area (Å²) in [7, 11) is 3.72. The van der Waals surface area contributed by atoms with Crippen molar-refractivity contribution in [2.24, 2.45) is 0 Å². The van der Waals surface area contributed by atoms with Crippen molar-refractivity contribution < 1.29 is 4.74 Å². The molecule has 0 saturated heterocycles. The molecule has 0 heterocycles. The summed E-state index contributed by atoms with van der Waals surface area (Å²) < 4.78 is 5.19. The number of hydrogen-bond donors (Lipinski definition) is 1. The molecular weight excluding hydrogens is 246 g/mol. The molecule has 1 atom stereocenters. The van der Waals surface area contributed by atoms with E-state index in [2.05, 4.69) is 48.6 Å². The molecule has 1 unspecified atom stereocenters. The first-order chi connectivity index (χ1) is 9.76. The molecule has 106 valence electrons. The molecule has 0 radical (unpaired) electrons. The quantitative estimate of drug-likeness (QED) is 0.858. The molecule has 1 N–H and O–H groups in total. The zero-order chi connectivity index (χ0) is 14.4. The Labute approximate surface area is 121 Å². The molecule has 2 aromatic rings. The van der Waals surface area contributed by atoms with Gasteiger partial charge in [-0.05, 0) is 48.7 Å². The van der Waals surface area contributed by atoms with Crippen LogP contribution in [-0.2, 0) is 6.42 Å². The lowest BCUT2D eigenvalue weighted by Crippen LogP contribution is -2.26. The van der Waals surface area contributed by atoms with E-state index < -0.39 is 0 Å². The molecule has 2 nitrogen and oxygen atoms in total. The first-order valence-corrected chi connectivity index (χ1v) is 7.17. The van der Waals surface area contributed by atoms with Gasteiger partial charge in [0.2, 0.25) is 0 Å². The summed E-state index contributed by atoms with van der Waals surface area (Å²) in [4.78, 5) is 0. The summed E-state index contributed by atoms with van der Waals surface area (Å²) in [6, 6.07) is 17.6. The van der Waals surface area contributed by atoms with E-state index in [9.17, 15) is 0 Å². The molecule has 2 rings (SSSR count). The number of benzene rings is 2. The highest BCUT2D eigenvalue weighted by atomic mass is 16.5. The molecule has 0 bridgehead atoms. The molecule has 0 aliphatic carbocycles. The number of nitrogens with one attached hydrogen (secondary N) is 1. The van der Waals surface area contributed by atoms with Crippen molar-refractivity contribution in [1.82, 2.24) is 5.32 Å². The lowest BCUT2D eigenvalue weighted by Gasteiger charge is -2.14. The Hall–Kier alpha value is -1.80. The largest absolute Gasteiger partial charge is 0.497 e. The summed E-state index contributed by atoms with van der Waals surface area (Å²) in [5.74, 6) is 0.894. The average molecular weight is 269 g/mol. The van der Waals surface area contributed by atoms with E-state index in [1.807, 2.05) is 19.2 Å². The minimum Gasteiger partial charge on any atom is -0.497 e. The number of likely N-dealkylation sites (N-methyl/N-ethyl adjacent to an activating group) is 1. The second kappa shape index (κ2) is 7.11. The first-order valence-electron chi connectivity index (χ1n) is 7.17. The summed E-state index contributed by atoms with van der Waals surface area (Å²) in [5.41, 5.74) is 3.84. The van der Waals surface area contributed by atoms with Crippen molar-refractivity contribution in [2.75, 3.05) is 14.2 Å². The van der Waals surface area contributed by atoms with Gasteiger partial charge in [-0.25, -0.2) is 0 Å². The van der Waals surface area contributed by atoms with Gasteiger partial charge in [-0.2, -0.15) is 0 Å². The van der Waals surface area contributed by atoms with Crippen LogP contribution in [0.3, 0.4) is 0 Å². The molecule has 0 fully saturated rings. The molecule has 0 aliphatic rings. The van der Waals surface area contributed by atoms with Crippen LogP contribution in [-0.4, -0.2) is 20.2 Å². The Morgan fingerprint density at radius 2 is 1.50 bits per heavy atom. The van der Waals surface area contributed by atoms with Gasteiger partial charge in [-0.15, -0.1) is 0 Å². The fraction of sp³-hybridized carbons (Fsp3) is 0.333. The predicted molar refractivity (Wildman–Crippen MR) is 85.3 cm³/mol. The highest BCUT2D eigenvalue weighted by Crippen LogP contribution is 2.23. The fourth-order valence-electron chi connectivity index (χ4n) is 2.35. The topological polar surface area (TPSA) is 21.3 Å². The van der Waals surface area contributed by atoms with Crippen molar-refractivity contribution in [3.63, 3.8) is 0 Å². The van der Waals surface area contributed by atoms with Gasteiger partial charge < -0.3 is 10.1 Å². The molecule has 0 amide bonds. The van der Waals surface area contributed by atoms with Crippen LogP contribution in [0.25, 0.3) is 11.1 Å². The molecule has 2 heteroatoms.